The number of carbonyl (C=O) groups excluding carboxylic acids is 3. The van der Waals surface area contributed by atoms with Crippen molar-refractivity contribution in [2.45, 2.75) is 56.5 Å². The molecule has 0 aliphatic carbocycles. The molecule has 1 aliphatic heterocycles. The molecule has 0 radical (unpaired) electrons. The monoisotopic (exact) mass is 757 g/mol. The van der Waals surface area contributed by atoms with Crippen LogP contribution >= 0.6 is 11.6 Å². The zero-order valence-electron chi connectivity index (χ0n) is 29.0. The number of Topliss-reactive ketones (excluding diaryl/α,β-unsaturated/α-hetero) is 1. The zero-order valence-corrected chi connectivity index (χ0v) is 30.6. The van der Waals surface area contributed by atoms with Crippen molar-refractivity contribution in [3.63, 3.8) is 0 Å². The van der Waals surface area contributed by atoms with Crippen molar-refractivity contribution in [1.82, 2.24) is 19.9 Å². The summed E-state index contributed by atoms with van der Waals surface area (Å²) in [6.07, 6.45) is 1.14. The number of fused-ring (bicyclic) bond motifs is 1. The van der Waals surface area contributed by atoms with Gasteiger partial charge in [-0.25, -0.2) is 18.1 Å². The number of nitrogens with two attached hydrogens (primary N) is 1. The molecule has 4 N–H and O–H groups in total. The van der Waals surface area contributed by atoms with Gasteiger partial charge in [-0.3, -0.25) is 14.4 Å². The van der Waals surface area contributed by atoms with Crippen LogP contribution in [0, 0.1) is 0 Å². The summed E-state index contributed by atoms with van der Waals surface area (Å²) in [5, 5.41) is 3.45. The average molecular weight is 758 g/mol. The van der Waals surface area contributed by atoms with Gasteiger partial charge in [-0.2, -0.15) is 0 Å². The number of sulfonamides is 1. The quantitative estimate of drug-likeness (QED) is 0.101. The summed E-state index contributed by atoms with van der Waals surface area (Å²) in [5.41, 5.74) is 9.82. The summed E-state index contributed by atoms with van der Waals surface area (Å²) in [6.45, 7) is 0.201. The summed E-state index contributed by atoms with van der Waals surface area (Å²) in [5.74, 6) is -1.92. The minimum atomic E-state index is -3.82. The molecule has 4 atom stereocenters. The summed E-state index contributed by atoms with van der Waals surface area (Å²) in [4.78, 5) is 48.4. The lowest BCUT2D eigenvalue weighted by atomic mass is 10.0. The van der Waals surface area contributed by atoms with Gasteiger partial charge < -0.3 is 25.1 Å². The Bertz CT molecular complexity index is 2130. The Kier molecular flexibility index (Phi) is 11.9. The van der Waals surface area contributed by atoms with Gasteiger partial charge in [0, 0.05) is 30.1 Å². The number of nitrogen functional groups attached to an aromatic ring is 1. The van der Waals surface area contributed by atoms with Crippen molar-refractivity contribution in [1.29, 1.82) is 0 Å². The molecule has 5 aromatic rings. The van der Waals surface area contributed by atoms with Crippen LogP contribution in [-0.2, 0) is 43.8 Å². The lowest BCUT2D eigenvalue weighted by Crippen LogP contribution is -2.55. The molecule has 1 aliphatic rings. The van der Waals surface area contributed by atoms with Crippen molar-refractivity contribution < 1.29 is 32.0 Å². The number of anilines is 1. The predicted octanol–water partition coefficient (Wildman–Crippen LogP) is 4.71. The molecule has 14 heteroatoms. The number of ketones is 1. The fourth-order valence-corrected chi connectivity index (χ4v) is 7.21. The van der Waals surface area contributed by atoms with Gasteiger partial charge >= 0.3 is 0 Å². The Hall–Kier alpha value is -5.08. The maximum absolute atomic E-state index is 14.3. The van der Waals surface area contributed by atoms with E-state index in [1.165, 1.54) is 4.90 Å². The van der Waals surface area contributed by atoms with Crippen LogP contribution in [0.3, 0.4) is 0 Å². The number of aromatic nitrogens is 1. The molecule has 276 valence electrons. The molecule has 1 aromatic heterocycles. The second kappa shape index (κ2) is 16.7. The van der Waals surface area contributed by atoms with Crippen LogP contribution in [0.15, 0.2) is 108 Å². The molecule has 1 saturated heterocycles. The molecule has 2 amide bonds. The molecule has 0 saturated carbocycles. The van der Waals surface area contributed by atoms with E-state index in [1.54, 1.807) is 60.7 Å². The number of hydrogen-bond donors (Lipinski definition) is 3. The number of halogens is 1. The first-order valence-electron chi connectivity index (χ1n) is 17.1. The number of benzene rings is 4. The summed E-state index contributed by atoms with van der Waals surface area (Å²) >= 11 is 6.05. The molecule has 4 aromatic carbocycles. The number of rotatable bonds is 15. The zero-order chi connectivity index (χ0) is 37.5. The number of oxazole rings is 1. The lowest BCUT2D eigenvalue weighted by Gasteiger charge is -2.29. The topological polar surface area (TPSA) is 174 Å². The van der Waals surface area contributed by atoms with Gasteiger partial charge in [-0.15, -0.1) is 0 Å². The highest BCUT2D eigenvalue weighted by molar-refractivity contribution is 7.88. The van der Waals surface area contributed by atoms with Gasteiger partial charge in [0.2, 0.25) is 27.6 Å². The Morgan fingerprint density at radius 1 is 0.925 bits per heavy atom. The first-order valence-corrected chi connectivity index (χ1v) is 19.4. The molecule has 1 fully saturated rings. The number of para-hydroxylation sites is 2. The van der Waals surface area contributed by atoms with E-state index in [4.69, 9.17) is 26.5 Å². The largest absolute Gasteiger partial charge is 0.434 e. The van der Waals surface area contributed by atoms with Crippen LogP contribution in [0.2, 0.25) is 5.02 Å². The van der Waals surface area contributed by atoms with E-state index in [0.29, 0.717) is 28.2 Å². The number of nitrogens with one attached hydrogen (secondary N) is 2. The van der Waals surface area contributed by atoms with Gasteiger partial charge in [0.25, 0.3) is 5.89 Å². The fraction of sp³-hybridized carbons (Fsp3) is 0.282. The molecule has 0 bridgehead atoms. The summed E-state index contributed by atoms with van der Waals surface area (Å²) in [6, 6.07) is 27.0. The van der Waals surface area contributed by atoms with Crippen molar-refractivity contribution in [3.8, 4) is 0 Å². The van der Waals surface area contributed by atoms with Crippen LogP contribution in [0.5, 0.6) is 0 Å². The Morgan fingerprint density at radius 3 is 2.30 bits per heavy atom. The van der Waals surface area contributed by atoms with Gasteiger partial charge in [0.15, 0.2) is 5.58 Å². The van der Waals surface area contributed by atoms with E-state index in [9.17, 15) is 22.8 Å². The van der Waals surface area contributed by atoms with E-state index in [0.717, 1.165) is 22.9 Å². The minimum Gasteiger partial charge on any atom is -0.434 e. The highest BCUT2D eigenvalue weighted by atomic mass is 35.5. The van der Waals surface area contributed by atoms with Gasteiger partial charge in [-0.05, 0) is 65.9 Å². The van der Waals surface area contributed by atoms with Crippen LogP contribution in [0.4, 0.5) is 5.69 Å². The van der Waals surface area contributed by atoms with Gasteiger partial charge in [-0.1, -0.05) is 78.3 Å². The Morgan fingerprint density at radius 2 is 1.60 bits per heavy atom. The molecule has 53 heavy (non-hydrogen) atoms. The first-order chi connectivity index (χ1) is 25.4. The van der Waals surface area contributed by atoms with E-state index < -0.39 is 51.9 Å². The van der Waals surface area contributed by atoms with Gasteiger partial charge in [0.05, 0.1) is 19.0 Å². The van der Waals surface area contributed by atoms with Crippen LogP contribution in [0.25, 0.3) is 11.1 Å². The van der Waals surface area contributed by atoms with E-state index in [-0.39, 0.29) is 38.3 Å². The van der Waals surface area contributed by atoms with Crippen molar-refractivity contribution >= 4 is 56.0 Å². The molecule has 0 unspecified atom stereocenters. The predicted molar refractivity (Wildman–Crippen MR) is 202 cm³/mol. The lowest BCUT2D eigenvalue weighted by molar-refractivity contribution is -0.140. The molecular formula is C39H40ClN5O7S. The third-order valence-corrected chi connectivity index (χ3v) is 9.99. The van der Waals surface area contributed by atoms with E-state index >= 15 is 0 Å². The number of nitrogens with zero attached hydrogens (tertiary/aromatic N) is 2. The molecule has 2 heterocycles. The molecule has 0 spiro atoms. The second-order valence-corrected chi connectivity index (χ2v) is 15.3. The number of hydrogen-bond acceptors (Lipinski definition) is 9. The number of amides is 2. The van der Waals surface area contributed by atoms with Crippen molar-refractivity contribution in [2.75, 3.05) is 18.5 Å². The SMILES string of the molecule is CS(=O)(=O)N[C@H](CCc1ccccc1)C(=O)N1C[C@H](OCc2ccc(Cl)cc2)C[C@H]1C(=O)N[C@@H](Cc1ccc(N)cc1)C(=O)c1nc2ccccc2o1. The summed E-state index contributed by atoms with van der Waals surface area (Å²) < 4.78 is 39.5. The number of likely N-dealkylation sites (tertiary alicyclic amines) is 1. The third-order valence-electron chi connectivity index (χ3n) is 9.02. The number of carbonyl (C=O) groups is 3. The van der Waals surface area contributed by atoms with Crippen LogP contribution in [0.1, 0.15) is 40.2 Å². The maximum atomic E-state index is 14.3. The average Bonchev–Trinajstić information content (AvgIpc) is 3.78. The summed E-state index contributed by atoms with van der Waals surface area (Å²) in [7, 11) is -3.82. The normalized spacial score (nSPS) is 17.1. The van der Waals surface area contributed by atoms with Crippen molar-refractivity contribution in [2.24, 2.45) is 0 Å². The Labute approximate surface area is 312 Å². The highest BCUT2D eigenvalue weighted by Gasteiger charge is 2.44. The molecule has 12 nitrogen and oxygen atoms in total. The highest BCUT2D eigenvalue weighted by Crippen LogP contribution is 2.26. The Balaban J connectivity index is 1.28. The number of aryl methyl sites for hydroxylation is 1. The number of ether oxygens (including phenoxy) is 1. The van der Waals surface area contributed by atoms with Crippen LogP contribution in [-0.4, -0.2) is 72.9 Å². The maximum Gasteiger partial charge on any atom is 0.266 e. The van der Waals surface area contributed by atoms with Crippen LogP contribution < -0.4 is 15.8 Å². The third kappa shape index (κ3) is 10.1. The molecular weight excluding hydrogens is 718 g/mol. The first kappa shape index (κ1) is 37.7. The van der Waals surface area contributed by atoms with E-state index in [2.05, 4.69) is 15.0 Å². The smallest absolute Gasteiger partial charge is 0.266 e. The molecule has 6 rings (SSSR count). The van der Waals surface area contributed by atoms with Gasteiger partial charge in [0.1, 0.15) is 23.6 Å². The standard InChI is InChI=1S/C39H40ClN5O7S/c1-53(49,50)44-32(20-15-25-7-3-2-4-8-25)39(48)45-23-30(51-24-27-11-16-28(40)17-12-27)22-34(45)37(47)42-33(21-26-13-18-29(41)19-14-26)36(46)38-43-31-9-5-6-10-35(31)52-38/h2-14,16-19,30,32-34,44H,15,20-24,41H2,1H3,(H,42,47)/t30-,32-,33+,34+/m1/s1. The second-order valence-electron chi connectivity index (χ2n) is 13.1. The van der Waals surface area contributed by atoms with E-state index in [1.807, 2.05) is 42.5 Å². The minimum absolute atomic E-state index is 0.0134. The van der Waals surface area contributed by atoms with Crippen molar-refractivity contribution in [3.05, 3.63) is 131 Å². The fourth-order valence-electron chi connectivity index (χ4n) is 6.35.